The minimum Gasteiger partial charge on any atom is -0.346 e. The molecule has 1 heterocycles. The van der Waals surface area contributed by atoms with Gasteiger partial charge in [-0.3, -0.25) is 0 Å². The number of hydrogen-bond acceptors (Lipinski definition) is 0. The Labute approximate surface area is 120 Å². The van der Waals surface area contributed by atoms with Gasteiger partial charge in [-0.15, -0.1) is 0 Å². The Morgan fingerprint density at radius 2 is 1.75 bits per heavy atom. The molecule has 2 saturated carbocycles. The second-order valence-corrected chi connectivity index (χ2v) is 6.99. The highest BCUT2D eigenvalue weighted by atomic mass is 15.0. The lowest BCUT2D eigenvalue weighted by Crippen LogP contribution is -2.34. The predicted molar refractivity (Wildman–Crippen MR) is 82.9 cm³/mol. The summed E-state index contributed by atoms with van der Waals surface area (Å²) in [5, 5.41) is 1.49. The first-order valence-corrected chi connectivity index (χ1v) is 8.07. The van der Waals surface area contributed by atoms with Crippen LogP contribution in [0.15, 0.2) is 36.4 Å². The molecule has 1 nitrogen and oxygen atoms in total. The maximum atomic E-state index is 2.60. The number of allylic oxidation sites excluding steroid dienone is 2. The van der Waals surface area contributed by atoms with Crippen molar-refractivity contribution in [3.8, 4) is 0 Å². The van der Waals surface area contributed by atoms with Crippen molar-refractivity contribution in [1.82, 2.24) is 4.57 Å². The largest absolute Gasteiger partial charge is 0.346 e. The number of benzene rings is 1. The summed E-state index contributed by atoms with van der Waals surface area (Å²) in [5.74, 6) is 1.82. The SMILES string of the molecule is Cn1c2c(c3ccccc31)CC=CC2(C1CC1)C1CC1. The van der Waals surface area contributed by atoms with Crippen molar-refractivity contribution in [2.75, 3.05) is 0 Å². The van der Waals surface area contributed by atoms with Crippen LogP contribution in [0.3, 0.4) is 0 Å². The number of rotatable bonds is 2. The fraction of sp³-hybridized carbons (Fsp3) is 0.474. The number of hydrogen-bond donors (Lipinski definition) is 0. The highest BCUT2D eigenvalue weighted by Gasteiger charge is 2.56. The molecule has 0 unspecified atom stereocenters. The molecule has 20 heavy (non-hydrogen) atoms. The average molecular weight is 263 g/mol. The molecule has 0 bridgehead atoms. The number of aromatic nitrogens is 1. The van der Waals surface area contributed by atoms with E-state index in [0.717, 1.165) is 18.3 Å². The van der Waals surface area contributed by atoms with Crippen molar-refractivity contribution >= 4 is 10.9 Å². The van der Waals surface area contributed by atoms with Gasteiger partial charge in [-0.05, 0) is 55.6 Å². The van der Waals surface area contributed by atoms with Gasteiger partial charge in [-0.2, -0.15) is 0 Å². The second kappa shape index (κ2) is 3.58. The summed E-state index contributed by atoms with van der Waals surface area (Å²) in [5.41, 5.74) is 5.07. The molecule has 0 saturated heterocycles. The van der Waals surface area contributed by atoms with E-state index in [1.54, 1.807) is 11.3 Å². The quantitative estimate of drug-likeness (QED) is 0.710. The molecule has 0 spiro atoms. The lowest BCUT2D eigenvalue weighted by molar-refractivity contribution is 0.377. The number of nitrogens with zero attached hydrogens (tertiary/aromatic N) is 1. The van der Waals surface area contributed by atoms with Crippen LogP contribution in [0.2, 0.25) is 0 Å². The number of aryl methyl sites for hydroxylation is 1. The van der Waals surface area contributed by atoms with Crippen LogP contribution in [0, 0.1) is 11.8 Å². The molecule has 0 radical (unpaired) electrons. The first-order chi connectivity index (χ1) is 9.82. The van der Waals surface area contributed by atoms with Crippen LogP contribution in [0.4, 0.5) is 0 Å². The van der Waals surface area contributed by atoms with E-state index in [4.69, 9.17) is 0 Å². The third kappa shape index (κ3) is 1.24. The molecular formula is C19H21N. The molecule has 102 valence electrons. The molecule has 5 rings (SSSR count). The highest BCUT2D eigenvalue weighted by Crippen LogP contribution is 2.62. The lowest BCUT2D eigenvalue weighted by Gasteiger charge is -2.36. The van der Waals surface area contributed by atoms with Crippen molar-refractivity contribution in [1.29, 1.82) is 0 Å². The minimum absolute atomic E-state index is 0.376. The Morgan fingerprint density at radius 3 is 2.45 bits per heavy atom. The molecule has 2 aromatic rings. The van der Waals surface area contributed by atoms with Crippen LogP contribution in [0.5, 0.6) is 0 Å². The van der Waals surface area contributed by atoms with Crippen LogP contribution < -0.4 is 0 Å². The topological polar surface area (TPSA) is 4.93 Å². The van der Waals surface area contributed by atoms with Gasteiger partial charge in [0.25, 0.3) is 0 Å². The third-order valence-corrected chi connectivity index (χ3v) is 5.84. The van der Waals surface area contributed by atoms with E-state index in [2.05, 4.69) is 48.0 Å². The Bertz CT molecular complexity index is 714. The molecule has 0 N–H and O–H groups in total. The smallest absolute Gasteiger partial charge is 0.0483 e. The summed E-state index contributed by atoms with van der Waals surface area (Å²) >= 11 is 0. The van der Waals surface area contributed by atoms with Crippen molar-refractivity contribution in [3.05, 3.63) is 47.7 Å². The average Bonchev–Trinajstić information content (AvgIpc) is 3.38. The monoisotopic (exact) mass is 263 g/mol. The van der Waals surface area contributed by atoms with Crippen molar-refractivity contribution < 1.29 is 0 Å². The molecule has 0 atom stereocenters. The lowest BCUT2D eigenvalue weighted by atomic mass is 9.70. The van der Waals surface area contributed by atoms with E-state index < -0.39 is 0 Å². The zero-order chi connectivity index (χ0) is 13.3. The standard InChI is InChI=1S/C19H21N/c1-20-17-7-3-2-5-15(17)16-6-4-12-19(18(16)20,13-8-9-13)14-10-11-14/h2-5,7,12-14H,6,8-11H2,1H3. The van der Waals surface area contributed by atoms with E-state index in [1.165, 1.54) is 36.6 Å². The first kappa shape index (κ1) is 11.2. The molecule has 2 fully saturated rings. The van der Waals surface area contributed by atoms with Gasteiger partial charge in [-0.25, -0.2) is 0 Å². The summed E-state index contributed by atoms with van der Waals surface area (Å²) < 4.78 is 2.52. The zero-order valence-electron chi connectivity index (χ0n) is 12.1. The van der Waals surface area contributed by atoms with Gasteiger partial charge >= 0.3 is 0 Å². The molecule has 3 aliphatic rings. The number of para-hydroxylation sites is 1. The van der Waals surface area contributed by atoms with E-state index in [0.29, 0.717) is 5.41 Å². The van der Waals surface area contributed by atoms with Gasteiger partial charge in [0.2, 0.25) is 0 Å². The third-order valence-electron chi connectivity index (χ3n) is 5.84. The molecule has 1 aromatic heterocycles. The molecule has 1 heteroatoms. The van der Waals surface area contributed by atoms with E-state index in [1.807, 2.05) is 0 Å². The summed E-state index contributed by atoms with van der Waals surface area (Å²) in [7, 11) is 2.29. The summed E-state index contributed by atoms with van der Waals surface area (Å²) in [4.78, 5) is 0. The van der Waals surface area contributed by atoms with Crippen LogP contribution >= 0.6 is 0 Å². The van der Waals surface area contributed by atoms with Crippen LogP contribution in [0.1, 0.15) is 36.9 Å². The van der Waals surface area contributed by atoms with E-state index in [9.17, 15) is 0 Å². The van der Waals surface area contributed by atoms with Crippen molar-refractivity contribution in [2.45, 2.75) is 37.5 Å². The maximum Gasteiger partial charge on any atom is 0.0483 e. The maximum absolute atomic E-state index is 2.60. The Kier molecular flexibility index (Phi) is 2.00. The van der Waals surface area contributed by atoms with E-state index in [-0.39, 0.29) is 0 Å². The normalized spacial score (nSPS) is 24.1. The second-order valence-electron chi connectivity index (χ2n) is 6.99. The fourth-order valence-electron chi connectivity index (χ4n) is 4.80. The molecular weight excluding hydrogens is 242 g/mol. The molecule has 0 aliphatic heterocycles. The van der Waals surface area contributed by atoms with Gasteiger partial charge in [0.15, 0.2) is 0 Å². The van der Waals surface area contributed by atoms with Gasteiger partial charge in [-0.1, -0.05) is 30.4 Å². The first-order valence-electron chi connectivity index (χ1n) is 8.07. The summed E-state index contributed by atoms with van der Waals surface area (Å²) in [6.07, 6.45) is 11.9. The number of fused-ring (bicyclic) bond motifs is 3. The van der Waals surface area contributed by atoms with Gasteiger partial charge < -0.3 is 4.57 Å². The summed E-state index contributed by atoms with van der Waals surface area (Å²) in [6, 6.07) is 8.98. The highest BCUT2D eigenvalue weighted by molar-refractivity contribution is 5.87. The van der Waals surface area contributed by atoms with Crippen molar-refractivity contribution in [2.24, 2.45) is 18.9 Å². The molecule has 1 aromatic carbocycles. The van der Waals surface area contributed by atoms with E-state index >= 15 is 0 Å². The zero-order valence-corrected chi connectivity index (χ0v) is 12.1. The van der Waals surface area contributed by atoms with Crippen LogP contribution in [0.25, 0.3) is 10.9 Å². The fourth-order valence-corrected chi connectivity index (χ4v) is 4.80. The Balaban J connectivity index is 1.86. The van der Waals surface area contributed by atoms with Gasteiger partial charge in [0, 0.05) is 29.1 Å². The summed E-state index contributed by atoms with van der Waals surface area (Å²) in [6.45, 7) is 0. The van der Waals surface area contributed by atoms with Gasteiger partial charge in [0.05, 0.1) is 0 Å². The Hall–Kier alpha value is -1.50. The minimum atomic E-state index is 0.376. The molecule has 3 aliphatic carbocycles. The molecule has 0 amide bonds. The van der Waals surface area contributed by atoms with Crippen molar-refractivity contribution in [3.63, 3.8) is 0 Å². The predicted octanol–water partition coefficient (Wildman–Crippen LogP) is 4.35. The van der Waals surface area contributed by atoms with Gasteiger partial charge in [0.1, 0.15) is 0 Å². The van der Waals surface area contributed by atoms with Crippen LogP contribution in [-0.2, 0) is 18.9 Å². The van der Waals surface area contributed by atoms with Crippen LogP contribution in [-0.4, -0.2) is 4.57 Å². The Morgan fingerprint density at radius 1 is 1.05 bits per heavy atom.